The minimum atomic E-state index is 0.280. The van der Waals surface area contributed by atoms with E-state index in [4.69, 9.17) is 0 Å². The molecule has 2 heterocycles. The lowest BCUT2D eigenvalue weighted by Crippen LogP contribution is -2.55. The molecule has 2 rings (SSSR count). The average molecular weight is 358 g/mol. The lowest BCUT2D eigenvalue weighted by Gasteiger charge is -2.42. The third-order valence-electron chi connectivity index (χ3n) is 4.28. The zero-order chi connectivity index (χ0) is 15.6. The van der Waals surface area contributed by atoms with Crippen LogP contribution in [0.1, 0.15) is 38.5 Å². The number of rotatable bonds is 5. The standard InChI is InChI=1S/C15H28BrN5/c1-6-17-14(13-10-19(4)7-8-20(13)5)15-12(16)9-18-21(15)11(2)3/h9,11,13-14,17H,6-8,10H2,1-5H3. The monoisotopic (exact) mass is 357 g/mol. The second-order valence-corrected chi connectivity index (χ2v) is 7.12. The maximum atomic E-state index is 4.55. The van der Waals surface area contributed by atoms with E-state index in [0.717, 1.165) is 30.7 Å². The van der Waals surface area contributed by atoms with Gasteiger partial charge in [0, 0.05) is 31.7 Å². The first-order valence-corrected chi connectivity index (χ1v) is 8.60. The molecule has 1 saturated heterocycles. The van der Waals surface area contributed by atoms with Crippen molar-refractivity contribution < 1.29 is 0 Å². The number of nitrogens with one attached hydrogen (secondary N) is 1. The summed E-state index contributed by atoms with van der Waals surface area (Å²) < 4.78 is 3.24. The van der Waals surface area contributed by atoms with Crippen LogP contribution in [0, 0.1) is 0 Å². The molecule has 1 fully saturated rings. The number of likely N-dealkylation sites (N-methyl/N-ethyl adjacent to an activating group) is 3. The molecule has 2 atom stereocenters. The summed E-state index contributed by atoms with van der Waals surface area (Å²) in [6, 6.07) is 1.09. The van der Waals surface area contributed by atoms with Gasteiger partial charge < -0.3 is 10.2 Å². The van der Waals surface area contributed by atoms with Gasteiger partial charge in [-0.15, -0.1) is 0 Å². The molecule has 1 aliphatic heterocycles. The smallest absolute Gasteiger partial charge is 0.0715 e. The molecule has 0 bridgehead atoms. The molecule has 1 N–H and O–H groups in total. The van der Waals surface area contributed by atoms with Crippen molar-refractivity contribution in [2.75, 3.05) is 40.3 Å². The summed E-state index contributed by atoms with van der Waals surface area (Å²) in [5.74, 6) is 0. The molecule has 120 valence electrons. The normalized spacial score (nSPS) is 22.9. The van der Waals surface area contributed by atoms with Gasteiger partial charge in [-0.25, -0.2) is 0 Å². The summed E-state index contributed by atoms with van der Waals surface area (Å²) >= 11 is 3.70. The van der Waals surface area contributed by atoms with E-state index >= 15 is 0 Å². The summed E-state index contributed by atoms with van der Waals surface area (Å²) in [4.78, 5) is 4.89. The van der Waals surface area contributed by atoms with E-state index in [1.54, 1.807) is 0 Å². The van der Waals surface area contributed by atoms with Crippen molar-refractivity contribution in [3.8, 4) is 0 Å². The zero-order valence-corrected chi connectivity index (χ0v) is 15.4. The second-order valence-electron chi connectivity index (χ2n) is 6.26. The van der Waals surface area contributed by atoms with Crippen LogP contribution >= 0.6 is 15.9 Å². The lowest BCUT2D eigenvalue weighted by atomic mass is 10.00. The minimum absolute atomic E-state index is 0.280. The molecule has 0 aliphatic carbocycles. The van der Waals surface area contributed by atoms with Crippen LogP contribution in [0.25, 0.3) is 0 Å². The summed E-state index contributed by atoms with van der Waals surface area (Å²) in [5, 5.41) is 8.24. The number of piperazine rings is 1. The predicted octanol–water partition coefficient (Wildman–Crippen LogP) is 2.12. The molecule has 0 radical (unpaired) electrons. The van der Waals surface area contributed by atoms with Crippen LogP contribution in [-0.2, 0) is 0 Å². The summed E-state index contributed by atoms with van der Waals surface area (Å²) in [6.07, 6.45) is 1.92. The van der Waals surface area contributed by atoms with Gasteiger partial charge in [-0.3, -0.25) is 9.58 Å². The maximum absolute atomic E-state index is 4.55. The summed E-state index contributed by atoms with van der Waals surface area (Å²) in [5.41, 5.74) is 1.26. The van der Waals surface area contributed by atoms with Gasteiger partial charge in [0.05, 0.1) is 22.4 Å². The number of hydrogen-bond acceptors (Lipinski definition) is 4. The molecule has 21 heavy (non-hydrogen) atoms. The first kappa shape index (κ1) is 16.9. The maximum Gasteiger partial charge on any atom is 0.0715 e. The molecule has 2 unspecified atom stereocenters. The van der Waals surface area contributed by atoms with Crippen LogP contribution in [0.4, 0.5) is 0 Å². The fourth-order valence-corrected chi connectivity index (χ4v) is 3.61. The van der Waals surface area contributed by atoms with Crippen LogP contribution in [0.15, 0.2) is 10.7 Å². The van der Waals surface area contributed by atoms with Crippen LogP contribution in [-0.4, -0.2) is 65.9 Å². The molecule has 0 spiro atoms. The first-order chi connectivity index (χ1) is 9.95. The van der Waals surface area contributed by atoms with E-state index in [0.29, 0.717) is 12.1 Å². The largest absolute Gasteiger partial charge is 0.308 e. The zero-order valence-electron chi connectivity index (χ0n) is 13.8. The van der Waals surface area contributed by atoms with Gasteiger partial charge in [-0.2, -0.15) is 5.10 Å². The topological polar surface area (TPSA) is 36.3 Å². The molecule has 5 nitrogen and oxygen atoms in total. The Morgan fingerprint density at radius 2 is 2.10 bits per heavy atom. The van der Waals surface area contributed by atoms with Gasteiger partial charge in [0.2, 0.25) is 0 Å². The fourth-order valence-electron chi connectivity index (χ4n) is 3.09. The van der Waals surface area contributed by atoms with Crippen molar-refractivity contribution in [3.63, 3.8) is 0 Å². The molecule has 0 aromatic carbocycles. The highest BCUT2D eigenvalue weighted by atomic mass is 79.9. The van der Waals surface area contributed by atoms with E-state index in [2.05, 4.69) is 75.7 Å². The average Bonchev–Trinajstić information content (AvgIpc) is 2.81. The van der Waals surface area contributed by atoms with Gasteiger partial charge in [0.15, 0.2) is 0 Å². The Kier molecular flexibility index (Phi) is 5.82. The third-order valence-corrected chi connectivity index (χ3v) is 4.89. The first-order valence-electron chi connectivity index (χ1n) is 7.80. The van der Waals surface area contributed by atoms with E-state index in [9.17, 15) is 0 Å². The Hall–Kier alpha value is -0.430. The Morgan fingerprint density at radius 1 is 1.38 bits per heavy atom. The van der Waals surface area contributed by atoms with Gasteiger partial charge in [-0.05, 0) is 50.4 Å². The lowest BCUT2D eigenvalue weighted by molar-refractivity contribution is 0.0851. The summed E-state index contributed by atoms with van der Waals surface area (Å²) in [7, 11) is 4.43. The molecular weight excluding hydrogens is 330 g/mol. The quantitative estimate of drug-likeness (QED) is 0.875. The molecule has 1 aromatic rings. The van der Waals surface area contributed by atoms with Crippen molar-refractivity contribution in [2.24, 2.45) is 0 Å². The Balaban J connectivity index is 2.36. The van der Waals surface area contributed by atoms with E-state index < -0.39 is 0 Å². The van der Waals surface area contributed by atoms with Gasteiger partial charge >= 0.3 is 0 Å². The second kappa shape index (κ2) is 7.22. The highest BCUT2D eigenvalue weighted by Crippen LogP contribution is 2.30. The van der Waals surface area contributed by atoms with Gasteiger partial charge in [0.25, 0.3) is 0 Å². The van der Waals surface area contributed by atoms with Crippen LogP contribution in [0.2, 0.25) is 0 Å². The minimum Gasteiger partial charge on any atom is -0.308 e. The van der Waals surface area contributed by atoms with Crippen molar-refractivity contribution >= 4 is 15.9 Å². The summed E-state index contributed by atoms with van der Waals surface area (Å²) in [6.45, 7) is 10.8. The van der Waals surface area contributed by atoms with Crippen LogP contribution in [0.3, 0.4) is 0 Å². The molecule has 6 heteroatoms. The van der Waals surface area contributed by atoms with E-state index in [1.807, 2.05) is 6.20 Å². The number of hydrogen-bond donors (Lipinski definition) is 1. The van der Waals surface area contributed by atoms with Crippen molar-refractivity contribution in [1.82, 2.24) is 24.9 Å². The van der Waals surface area contributed by atoms with E-state index in [-0.39, 0.29) is 6.04 Å². The molecule has 1 aliphatic rings. The Labute approximate surface area is 136 Å². The Morgan fingerprint density at radius 3 is 2.71 bits per heavy atom. The van der Waals surface area contributed by atoms with E-state index in [1.165, 1.54) is 5.69 Å². The molecule has 1 aromatic heterocycles. The SMILES string of the molecule is CCNC(c1c(Br)cnn1C(C)C)C1CN(C)CCN1C. The van der Waals surface area contributed by atoms with Crippen LogP contribution in [0.5, 0.6) is 0 Å². The molecular formula is C15H28BrN5. The third kappa shape index (κ3) is 3.67. The molecule has 0 saturated carbocycles. The fraction of sp³-hybridized carbons (Fsp3) is 0.800. The molecule has 0 amide bonds. The Bertz CT molecular complexity index is 459. The number of aromatic nitrogens is 2. The number of halogens is 1. The van der Waals surface area contributed by atoms with Gasteiger partial charge in [0.1, 0.15) is 0 Å². The van der Waals surface area contributed by atoms with Crippen molar-refractivity contribution in [2.45, 2.75) is 38.9 Å². The predicted molar refractivity (Wildman–Crippen MR) is 90.6 cm³/mol. The number of nitrogens with zero attached hydrogens (tertiary/aromatic N) is 4. The van der Waals surface area contributed by atoms with Crippen molar-refractivity contribution in [1.29, 1.82) is 0 Å². The van der Waals surface area contributed by atoms with Crippen molar-refractivity contribution in [3.05, 3.63) is 16.4 Å². The highest BCUT2D eigenvalue weighted by Gasteiger charge is 2.34. The highest BCUT2D eigenvalue weighted by molar-refractivity contribution is 9.10. The van der Waals surface area contributed by atoms with Crippen LogP contribution < -0.4 is 5.32 Å². The van der Waals surface area contributed by atoms with Gasteiger partial charge in [-0.1, -0.05) is 6.92 Å².